The van der Waals surface area contributed by atoms with Crippen LogP contribution in [0.3, 0.4) is 0 Å². The third-order valence-electron chi connectivity index (χ3n) is 2.03. The van der Waals surface area contributed by atoms with E-state index in [2.05, 4.69) is 5.10 Å². The standard InChI is InChI=1S/C7H11N3/c1-10-4-5-6(8)2-3-7(5)9-10/h4,6H,2-3,8H2,1H3/t6-/m1/s1. The summed E-state index contributed by atoms with van der Waals surface area (Å²) in [5, 5.41) is 4.28. The van der Waals surface area contributed by atoms with Crippen molar-refractivity contribution in [2.75, 3.05) is 0 Å². The summed E-state index contributed by atoms with van der Waals surface area (Å²) in [5.74, 6) is 0. The van der Waals surface area contributed by atoms with E-state index in [1.54, 1.807) is 0 Å². The zero-order valence-corrected chi connectivity index (χ0v) is 6.04. The van der Waals surface area contributed by atoms with E-state index in [4.69, 9.17) is 5.73 Å². The molecule has 0 amide bonds. The molecule has 0 radical (unpaired) electrons. The number of aryl methyl sites for hydroxylation is 2. The normalized spacial score (nSPS) is 23.2. The zero-order chi connectivity index (χ0) is 7.14. The van der Waals surface area contributed by atoms with E-state index in [0.29, 0.717) is 0 Å². The van der Waals surface area contributed by atoms with Crippen LogP contribution in [0.25, 0.3) is 0 Å². The van der Waals surface area contributed by atoms with Crippen LogP contribution in [0.2, 0.25) is 0 Å². The van der Waals surface area contributed by atoms with Gasteiger partial charge in [-0.25, -0.2) is 0 Å². The molecule has 10 heavy (non-hydrogen) atoms. The van der Waals surface area contributed by atoms with Gasteiger partial charge in [0.2, 0.25) is 0 Å². The Bertz CT molecular complexity index is 251. The number of fused-ring (bicyclic) bond motifs is 1. The summed E-state index contributed by atoms with van der Waals surface area (Å²) in [6.07, 6.45) is 4.14. The van der Waals surface area contributed by atoms with Crippen molar-refractivity contribution >= 4 is 0 Å². The Balaban J connectivity index is 2.49. The summed E-state index contributed by atoms with van der Waals surface area (Å²) in [4.78, 5) is 0. The van der Waals surface area contributed by atoms with Gasteiger partial charge >= 0.3 is 0 Å². The lowest BCUT2D eigenvalue weighted by Gasteiger charge is -1.97. The third kappa shape index (κ3) is 0.671. The Hall–Kier alpha value is -0.830. The minimum atomic E-state index is 0.240. The van der Waals surface area contributed by atoms with Crippen molar-refractivity contribution < 1.29 is 0 Å². The second-order valence-electron chi connectivity index (χ2n) is 2.85. The molecular weight excluding hydrogens is 126 g/mol. The molecule has 3 nitrogen and oxygen atoms in total. The smallest absolute Gasteiger partial charge is 0.0672 e. The van der Waals surface area contributed by atoms with E-state index in [9.17, 15) is 0 Å². The Morgan fingerprint density at radius 2 is 2.60 bits per heavy atom. The van der Waals surface area contributed by atoms with Gasteiger partial charge in [0.15, 0.2) is 0 Å². The Labute approximate surface area is 59.8 Å². The molecule has 1 heterocycles. The van der Waals surface area contributed by atoms with Gasteiger partial charge in [0, 0.05) is 24.8 Å². The second-order valence-corrected chi connectivity index (χ2v) is 2.85. The monoisotopic (exact) mass is 137 g/mol. The van der Waals surface area contributed by atoms with Gasteiger partial charge in [-0.1, -0.05) is 0 Å². The summed E-state index contributed by atoms with van der Waals surface area (Å²) >= 11 is 0. The van der Waals surface area contributed by atoms with Gasteiger partial charge < -0.3 is 5.73 Å². The van der Waals surface area contributed by atoms with Crippen molar-refractivity contribution in [2.45, 2.75) is 18.9 Å². The molecule has 0 bridgehead atoms. The van der Waals surface area contributed by atoms with Crippen LogP contribution in [0.5, 0.6) is 0 Å². The first-order valence-electron chi connectivity index (χ1n) is 3.55. The highest BCUT2D eigenvalue weighted by atomic mass is 15.3. The van der Waals surface area contributed by atoms with Crippen molar-refractivity contribution in [1.82, 2.24) is 9.78 Å². The van der Waals surface area contributed by atoms with Gasteiger partial charge in [0.05, 0.1) is 5.69 Å². The van der Waals surface area contributed by atoms with Crippen LogP contribution in [0, 0.1) is 0 Å². The number of nitrogens with zero attached hydrogens (tertiary/aromatic N) is 2. The summed E-state index contributed by atoms with van der Waals surface area (Å²) < 4.78 is 1.84. The lowest BCUT2D eigenvalue weighted by atomic mass is 10.2. The number of hydrogen-bond donors (Lipinski definition) is 1. The molecule has 3 heteroatoms. The fraction of sp³-hybridized carbons (Fsp3) is 0.571. The predicted octanol–water partition coefficient (Wildman–Crippen LogP) is 0.366. The van der Waals surface area contributed by atoms with Crippen LogP contribution in [-0.2, 0) is 13.5 Å². The summed E-state index contributed by atoms with van der Waals surface area (Å²) in [5.41, 5.74) is 8.23. The fourth-order valence-electron chi connectivity index (χ4n) is 1.50. The quantitative estimate of drug-likeness (QED) is 0.561. The average Bonchev–Trinajstić information content (AvgIpc) is 2.35. The molecule has 1 aromatic rings. The van der Waals surface area contributed by atoms with Gasteiger partial charge in [0.1, 0.15) is 0 Å². The molecule has 1 atom stereocenters. The summed E-state index contributed by atoms with van der Waals surface area (Å²) in [7, 11) is 1.94. The molecule has 0 aliphatic heterocycles. The highest BCUT2D eigenvalue weighted by Gasteiger charge is 2.21. The number of nitrogens with two attached hydrogens (primary N) is 1. The molecule has 0 saturated heterocycles. The topological polar surface area (TPSA) is 43.8 Å². The maximum Gasteiger partial charge on any atom is 0.0672 e. The molecule has 1 aliphatic rings. The number of hydrogen-bond acceptors (Lipinski definition) is 2. The minimum absolute atomic E-state index is 0.240. The van der Waals surface area contributed by atoms with Crippen molar-refractivity contribution in [3.63, 3.8) is 0 Å². The largest absolute Gasteiger partial charge is 0.324 e. The molecule has 0 fully saturated rings. The van der Waals surface area contributed by atoms with E-state index < -0.39 is 0 Å². The highest BCUT2D eigenvalue weighted by Crippen LogP contribution is 2.27. The highest BCUT2D eigenvalue weighted by molar-refractivity contribution is 5.25. The molecule has 0 unspecified atom stereocenters. The van der Waals surface area contributed by atoms with E-state index in [-0.39, 0.29) is 6.04 Å². The maximum atomic E-state index is 5.81. The molecular formula is C7H11N3. The summed E-state index contributed by atoms with van der Waals surface area (Å²) in [6.45, 7) is 0. The van der Waals surface area contributed by atoms with Crippen LogP contribution < -0.4 is 5.73 Å². The second kappa shape index (κ2) is 1.83. The first kappa shape index (κ1) is 5.92. The average molecular weight is 137 g/mol. The van der Waals surface area contributed by atoms with Crippen LogP contribution in [-0.4, -0.2) is 9.78 Å². The van der Waals surface area contributed by atoms with Crippen LogP contribution in [0.1, 0.15) is 23.7 Å². The van der Waals surface area contributed by atoms with Crippen molar-refractivity contribution in [1.29, 1.82) is 0 Å². The van der Waals surface area contributed by atoms with E-state index in [1.165, 1.54) is 11.3 Å². The van der Waals surface area contributed by atoms with Crippen molar-refractivity contribution in [3.8, 4) is 0 Å². The molecule has 2 rings (SSSR count). The third-order valence-corrected chi connectivity index (χ3v) is 2.03. The first-order chi connectivity index (χ1) is 4.77. The Kier molecular flexibility index (Phi) is 1.08. The van der Waals surface area contributed by atoms with Gasteiger partial charge in [0.25, 0.3) is 0 Å². The van der Waals surface area contributed by atoms with Crippen LogP contribution >= 0.6 is 0 Å². The molecule has 0 saturated carbocycles. The van der Waals surface area contributed by atoms with Crippen molar-refractivity contribution in [2.24, 2.45) is 12.8 Å². The predicted molar refractivity (Wildman–Crippen MR) is 38.5 cm³/mol. The van der Waals surface area contributed by atoms with Gasteiger partial charge in [-0.05, 0) is 12.8 Å². The fourth-order valence-corrected chi connectivity index (χ4v) is 1.50. The van der Waals surface area contributed by atoms with E-state index in [0.717, 1.165) is 12.8 Å². The molecule has 1 aromatic heterocycles. The molecule has 1 aliphatic carbocycles. The van der Waals surface area contributed by atoms with Crippen LogP contribution in [0.4, 0.5) is 0 Å². The molecule has 0 spiro atoms. The lowest BCUT2D eigenvalue weighted by Crippen LogP contribution is -2.04. The minimum Gasteiger partial charge on any atom is -0.324 e. The molecule has 2 N–H and O–H groups in total. The molecule has 54 valence electrons. The Morgan fingerprint density at radius 1 is 1.80 bits per heavy atom. The lowest BCUT2D eigenvalue weighted by molar-refractivity contribution is 0.673. The summed E-state index contributed by atoms with van der Waals surface area (Å²) in [6, 6.07) is 0.240. The SMILES string of the molecule is Cn1cc2c(n1)CC[C@H]2N. The first-order valence-corrected chi connectivity index (χ1v) is 3.55. The van der Waals surface area contributed by atoms with Gasteiger partial charge in [-0.15, -0.1) is 0 Å². The zero-order valence-electron chi connectivity index (χ0n) is 6.04. The van der Waals surface area contributed by atoms with Gasteiger partial charge in [-0.3, -0.25) is 4.68 Å². The van der Waals surface area contributed by atoms with E-state index >= 15 is 0 Å². The van der Waals surface area contributed by atoms with Crippen LogP contribution in [0.15, 0.2) is 6.20 Å². The van der Waals surface area contributed by atoms with Crippen molar-refractivity contribution in [3.05, 3.63) is 17.5 Å². The van der Waals surface area contributed by atoms with E-state index in [1.807, 2.05) is 17.9 Å². The number of rotatable bonds is 0. The number of aromatic nitrogens is 2. The Morgan fingerprint density at radius 3 is 3.30 bits per heavy atom. The maximum absolute atomic E-state index is 5.81. The molecule has 0 aromatic carbocycles. The van der Waals surface area contributed by atoms with Gasteiger partial charge in [-0.2, -0.15) is 5.10 Å².